The first-order chi connectivity index (χ1) is 9.06. The van der Waals surface area contributed by atoms with E-state index in [1.54, 1.807) is 14.2 Å². The van der Waals surface area contributed by atoms with Crippen LogP contribution in [-0.2, 0) is 14.3 Å². The van der Waals surface area contributed by atoms with Crippen LogP contribution >= 0.6 is 0 Å². The van der Waals surface area contributed by atoms with E-state index in [0.29, 0.717) is 0 Å². The molecular formula is C14H19NO4. The predicted molar refractivity (Wildman–Crippen MR) is 71.1 cm³/mol. The molecule has 1 rings (SSSR count). The molecule has 0 aromatic heterocycles. The van der Waals surface area contributed by atoms with E-state index in [1.807, 2.05) is 24.3 Å². The lowest BCUT2D eigenvalue weighted by molar-refractivity contribution is -0.142. The third kappa shape index (κ3) is 4.99. The van der Waals surface area contributed by atoms with Crippen LogP contribution in [0, 0.1) is 0 Å². The summed E-state index contributed by atoms with van der Waals surface area (Å²) in [5.74, 6) is 0.146. The molecular weight excluding hydrogens is 246 g/mol. The Kier molecular flexibility index (Phi) is 5.85. The summed E-state index contributed by atoms with van der Waals surface area (Å²) in [5.41, 5.74) is 0.936. The van der Waals surface area contributed by atoms with Crippen molar-refractivity contribution >= 4 is 11.9 Å². The lowest BCUT2D eigenvalue weighted by atomic mass is 9.96. The van der Waals surface area contributed by atoms with Crippen LogP contribution in [0.25, 0.3) is 0 Å². The van der Waals surface area contributed by atoms with Crippen molar-refractivity contribution in [3.05, 3.63) is 29.8 Å². The minimum absolute atomic E-state index is 0.0898. The Morgan fingerprint density at radius 1 is 1.26 bits per heavy atom. The smallest absolute Gasteiger partial charge is 0.302 e. The van der Waals surface area contributed by atoms with Gasteiger partial charge in [0.25, 0.3) is 0 Å². The van der Waals surface area contributed by atoms with Crippen LogP contribution < -0.4 is 10.1 Å². The van der Waals surface area contributed by atoms with Gasteiger partial charge in [0.2, 0.25) is 5.91 Å². The highest BCUT2D eigenvalue weighted by Gasteiger charge is 2.17. The Bertz CT molecular complexity index is 428. The second-order valence-corrected chi connectivity index (χ2v) is 4.15. The van der Waals surface area contributed by atoms with Gasteiger partial charge in [-0.1, -0.05) is 12.1 Å². The molecule has 0 aliphatic carbocycles. The van der Waals surface area contributed by atoms with Crippen molar-refractivity contribution in [2.24, 2.45) is 0 Å². The van der Waals surface area contributed by atoms with Crippen molar-refractivity contribution in [1.29, 1.82) is 0 Å². The van der Waals surface area contributed by atoms with Gasteiger partial charge >= 0.3 is 5.97 Å². The number of esters is 1. The molecule has 0 saturated heterocycles. The highest BCUT2D eigenvalue weighted by molar-refractivity contribution is 5.76. The molecule has 5 nitrogen and oxygen atoms in total. The Hall–Kier alpha value is -2.04. The molecule has 1 amide bonds. The number of amides is 1. The number of benzene rings is 1. The van der Waals surface area contributed by atoms with E-state index in [-0.39, 0.29) is 30.8 Å². The van der Waals surface area contributed by atoms with Crippen molar-refractivity contribution in [2.45, 2.75) is 19.3 Å². The third-order valence-electron chi connectivity index (χ3n) is 2.79. The number of carbonyl (C=O) groups is 2. The predicted octanol–water partition coefficient (Wildman–Crippen LogP) is 1.48. The molecule has 0 fully saturated rings. The van der Waals surface area contributed by atoms with Gasteiger partial charge in [0.1, 0.15) is 5.75 Å². The number of hydrogen-bond acceptors (Lipinski definition) is 4. The first kappa shape index (κ1) is 15.0. The molecule has 0 radical (unpaired) electrons. The molecule has 0 spiro atoms. The maximum atomic E-state index is 11.5. The van der Waals surface area contributed by atoms with E-state index in [0.717, 1.165) is 11.3 Å². The molecule has 0 aliphatic rings. The minimum atomic E-state index is -0.351. The van der Waals surface area contributed by atoms with E-state index in [4.69, 9.17) is 9.47 Å². The second kappa shape index (κ2) is 7.41. The minimum Gasteiger partial charge on any atom is -0.497 e. The van der Waals surface area contributed by atoms with Crippen molar-refractivity contribution in [1.82, 2.24) is 5.32 Å². The average Bonchev–Trinajstić information content (AvgIpc) is 2.43. The van der Waals surface area contributed by atoms with E-state index in [1.165, 1.54) is 6.92 Å². The van der Waals surface area contributed by atoms with Gasteiger partial charge in [-0.25, -0.2) is 0 Å². The van der Waals surface area contributed by atoms with E-state index in [2.05, 4.69) is 5.32 Å². The normalized spacial score (nSPS) is 11.5. The Balaban J connectivity index is 2.80. The molecule has 0 unspecified atom stereocenters. The highest BCUT2D eigenvalue weighted by Crippen LogP contribution is 2.23. The van der Waals surface area contributed by atoms with E-state index in [9.17, 15) is 9.59 Å². The summed E-state index contributed by atoms with van der Waals surface area (Å²) in [6.07, 6.45) is 0.274. The Morgan fingerprint density at radius 3 is 2.37 bits per heavy atom. The fraction of sp³-hybridized carbons (Fsp3) is 0.429. The molecule has 0 aliphatic heterocycles. The lowest BCUT2D eigenvalue weighted by Crippen LogP contribution is -2.23. The molecule has 1 aromatic carbocycles. The molecule has 1 N–H and O–H groups in total. The van der Waals surface area contributed by atoms with Gasteiger partial charge in [-0.3, -0.25) is 9.59 Å². The molecule has 0 bridgehead atoms. The fourth-order valence-corrected chi connectivity index (χ4v) is 1.69. The van der Waals surface area contributed by atoms with Crippen LogP contribution in [0.1, 0.15) is 24.8 Å². The fourth-order valence-electron chi connectivity index (χ4n) is 1.69. The maximum Gasteiger partial charge on any atom is 0.302 e. The zero-order valence-corrected chi connectivity index (χ0v) is 11.4. The monoisotopic (exact) mass is 265 g/mol. The van der Waals surface area contributed by atoms with Crippen molar-refractivity contribution in [3.63, 3.8) is 0 Å². The molecule has 1 atom stereocenters. The Labute approximate surface area is 112 Å². The third-order valence-corrected chi connectivity index (χ3v) is 2.79. The summed E-state index contributed by atoms with van der Waals surface area (Å²) >= 11 is 0. The van der Waals surface area contributed by atoms with E-state index >= 15 is 0 Å². The highest BCUT2D eigenvalue weighted by atomic mass is 16.5. The lowest BCUT2D eigenvalue weighted by Gasteiger charge is -2.16. The number of methoxy groups -OCH3 is 1. The summed E-state index contributed by atoms with van der Waals surface area (Å²) in [5, 5.41) is 2.57. The van der Waals surface area contributed by atoms with Gasteiger partial charge in [0.15, 0.2) is 0 Å². The Morgan fingerprint density at radius 2 is 1.89 bits per heavy atom. The maximum absolute atomic E-state index is 11.5. The number of ether oxygens (including phenoxy) is 2. The summed E-state index contributed by atoms with van der Waals surface area (Å²) in [7, 11) is 3.18. The molecule has 5 heteroatoms. The van der Waals surface area contributed by atoms with Crippen LogP contribution in [0.2, 0.25) is 0 Å². The number of nitrogens with one attached hydrogen (secondary N) is 1. The summed E-state index contributed by atoms with van der Waals surface area (Å²) in [6.45, 7) is 1.54. The first-order valence-corrected chi connectivity index (χ1v) is 6.04. The van der Waals surface area contributed by atoms with Crippen LogP contribution in [0.3, 0.4) is 0 Å². The summed E-state index contributed by atoms with van der Waals surface area (Å²) in [4.78, 5) is 22.4. The second-order valence-electron chi connectivity index (χ2n) is 4.15. The molecule has 0 heterocycles. The molecule has 0 saturated carbocycles. The van der Waals surface area contributed by atoms with Gasteiger partial charge in [-0.05, 0) is 17.7 Å². The van der Waals surface area contributed by atoms with Crippen LogP contribution in [0.5, 0.6) is 5.75 Å². The topological polar surface area (TPSA) is 64.6 Å². The van der Waals surface area contributed by atoms with Crippen molar-refractivity contribution in [3.8, 4) is 5.75 Å². The molecule has 104 valence electrons. The number of hydrogen-bond donors (Lipinski definition) is 1. The molecule has 19 heavy (non-hydrogen) atoms. The zero-order chi connectivity index (χ0) is 14.3. The van der Waals surface area contributed by atoms with Gasteiger partial charge < -0.3 is 14.8 Å². The van der Waals surface area contributed by atoms with Crippen LogP contribution in [0.15, 0.2) is 24.3 Å². The van der Waals surface area contributed by atoms with Crippen molar-refractivity contribution < 1.29 is 19.1 Å². The standard InChI is InChI=1S/C14H19NO4/c1-10(16)19-9-12(8-14(17)15-2)11-4-6-13(18-3)7-5-11/h4-7,12H,8-9H2,1-3H3,(H,15,17)/t12-/m0/s1. The van der Waals surface area contributed by atoms with Gasteiger partial charge in [0, 0.05) is 26.3 Å². The number of carbonyl (C=O) groups excluding carboxylic acids is 2. The summed E-state index contributed by atoms with van der Waals surface area (Å²) < 4.78 is 10.1. The SMILES string of the molecule is CNC(=O)C[C@@H](COC(C)=O)c1ccc(OC)cc1. The largest absolute Gasteiger partial charge is 0.497 e. The van der Waals surface area contributed by atoms with E-state index < -0.39 is 0 Å². The van der Waals surface area contributed by atoms with Crippen molar-refractivity contribution in [2.75, 3.05) is 20.8 Å². The van der Waals surface area contributed by atoms with Gasteiger partial charge in [-0.2, -0.15) is 0 Å². The summed E-state index contributed by atoms with van der Waals surface area (Å²) in [6, 6.07) is 7.38. The average molecular weight is 265 g/mol. The van der Waals surface area contributed by atoms with Gasteiger partial charge in [-0.15, -0.1) is 0 Å². The van der Waals surface area contributed by atoms with Crippen LogP contribution in [0.4, 0.5) is 0 Å². The quantitative estimate of drug-likeness (QED) is 0.791. The first-order valence-electron chi connectivity index (χ1n) is 6.04. The van der Waals surface area contributed by atoms with Gasteiger partial charge in [0.05, 0.1) is 13.7 Å². The zero-order valence-electron chi connectivity index (χ0n) is 11.4. The van der Waals surface area contributed by atoms with Crippen LogP contribution in [-0.4, -0.2) is 32.6 Å². The molecule has 1 aromatic rings. The number of rotatable bonds is 6.